The molecule has 6 heteroatoms. The van der Waals surface area contributed by atoms with Gasteiger partial charge in [-0.25, -0.2) is 0 Å². The van der Waals surface area contributed by atoms with Crippen LogP contribution in [0.15, 0.2) is 48.7 Å². The Balaban J connectivity index is 1.51. The number of amides is 1. The van der Waals surface area contributed by atoms with Crippen molar-refractivity contribution < 1.29 is 9.53 Å². The fourth-order valence-corrected chi connectivity index (χ4v) is 3.58. The van der Waals surface area contributed by atoms with Crippen LogP contribution in [0, 0.1) is 0 Å². The van der Waals surface area contributed by atoms with Gasteiger partial charge < -0.3 is 15.0 Å². The van der Waals surface area contributed by atoms with E-state index < -0.39 is 0 Å². The van der Waals surface area contributed by atoms with Crippen LogP contribution in [0.3, 0.4) is 0 Å². The number of anilines is 1. The summed E-state index contributed by atoms with van der Waals surface area (Å²) in [7, 11) is 0. The van der Waals surface area contributed by atoms with E-state index in [9.17, 15) is 4.79 Å². The Morgan fingerprint density at radius 2 is 1.88 bits per heavy atom. The number of hydrogen-bond donors (Lipinski definition) is 1. The van der Waals surface area contributed by atoms with Crippen molar-refractivity contribution in [2.75, 3.05) is 44.7 Å². The van der Waals surface area contributed by atoms with Crippen LogP contribution >= 0.6 is 0 Å². The molecule has 136 valence electrons. The van der Waals surface area contributed by atoms with Gasteiger partial charge in [0.15, 0.2) is 0 Å². The molecule has 1 unspecified atom stereocenters. The Kier molecular flexibility index (Phi) is 5.13. The number of benzene rings is 1. The van der Waals surface area contributed by atoms with Gasteiger partial charge in [-0.2, -0.15) is 0 Å². The van der Waals surface area contributed by atoms with Gasteiger partial charge in [-0.1, -0.05) is 18.2 Å². The highest BCUT2D eigenvalue weighted by Crippen LogP contribution is 2.32. The zero-order chi connectivity index (χ0) is 17.8. The first-order valence-electron chi connectivity index (χ1n) is 9.20. The molecule has 2 aromatic rings. The largest absolute Gasteiger partial charge is 0.379 e. The zero-order valence-corrected chi connectivity index (χ0v) is 14.8. The number of nitrogens with zero attached hydrogens (tertiary/aromatic N) is 3. The van der Waals surface area contributed by atoms with E-state index in [0.29, 0.717) is 6.54 Å². The average molecular weight is 352 g/mol. The summed E-state index contributed by atoms with van der Waals surface area (Å²) in [5, 5.41) is 3.49. The highest BCUT2D eigenvalue weighted by atomic mass is 16.5. The number of ether oxygens (including phenoxy) is 1. The molecule has 1 aromatic heterocycles. The van der Waals surface area contributed by atoms with E-state index in [4.69, 9.17) is 4.74 Å². The average Bonchev–Trinajstić information content (AvgIpc) is 2.71. The summed E-state index contributed by atoms with van der Waals surface area (Å²) in [4.78, 5) is 21.9. The van der Waals surface area contributed by atoms with Gasteiger partial charge in [-0.3, -0.25) is 14.7 Å². The number of carbonyl (C=O) groups excluding carboxylic acids is 1. The number of pyridine rings is 1. The Labute approximate surface area is 153 Å². The number of nitrogens with one attached hydrogen (secondary N) is 1. The third kappa shape index (κ3) is 3.57. The van der Waals surface area contributed by atoms with Gasteiger partial charge in [0.1, 0.15) is 6.17 Å². The van der Waals surface area contributed by atoms with Crippen molar-refractivity contribution in [3.63, 3.8) is 0 Å². The van der Waals surface area contributed by atoms with E-state index in [1.165, 1.54) is 0 Å². The Morgan fingerprint density at radius 1 is 1.08 bits per heavy atom. The summed E-state index contributed by atoms with van der Waals surface area (Å²) < 4.78 is 5.40. The lowest BCUT2D eigenvalue weighted by Crippen LogP contribution is -2.45. The van der Waals surface area contributed by atoms with Crippen molar-refractivity contribution in [1.82, 2.24) is 14.8 Å². The van der Waals surface area contributed by atoms with E-state index in [1.807, 2.05) is 47.4 Å². The van der Waals surface area contributed by atoms with Gasteiger partial charge in [0, 0.05) is 38.1 Å². The quantitative estimate of drug-likeness (QED) is 0.895. The van der Waals surface area contributed by atoms with Crippen LogP contribution in [0.5, 0.6) is 0 Å². The molecule has 1 N–H and O–H groups in total. The number of morpholine rings is 1. The molecule has 26 heavy (non-hydrogen) atoms. The lowest BCUT2D eigenvalue weighted by atomic mass is 10.1. The standard InChI is InChI=1S/C20H24N4O2/c25-20-16-6-1-2-7-17(16)22-19(18-8-3-4-9-21-18)24(20)11-5-10-23-12-14-26-15-13-23/h1-4,6-9,19,22H,5,10-15H2. The summed E-state index contributed by atoms with van der Waals surface area (Å²) in [5.41, 5.74) is 2.46. The van der Waals surface area contributed by atoms with Crippen molar-refractivity contribution in [2.45, 2.75) is 12.6 Å². The van der Waals surface area contributed by atoms with Crippen molar-refractivity contribution >= 4 is 11.6 Å². The molecule has 4 rings (SSSR count). The fourth-order valence-electron chi connectivity index (χ4n) is 3.58. The highest BCUT2D eigenvalue weighted by molar-refractivity contribution is 6.01. The first-order chi connectivity index (χ1) is 12.8. The van der Waals surface area contributed by atoms with Crippen LogP contribution < -0.4 is 5.32 Å². The molecule has 1 amide bonds. The molecule has 1 atom stereocenters. The van der Waals surface area contributed by atoms with Crippen LogP contribution in [0.25, 0.3) is 0 Å². The van der Waals surface area contributed by atoms with Crippen LogP contribution in [0.1, 0.15) is 28.6 Å². The lowest BCUT2D eigenvalue weighted by molar-refractivity contribution is 0.0347. The molecule has 2 aliphatic heterocycles. The minimum Gasteiger partial charge on any atom is -0.379 e. The number of fused-ring (bicyclic) bond motifs is 1. The summed E-state index contributed by atoms with van der Waals surface area (Å²) in [6.07, 6.45) is 2.47. The highest BCUT2D eigenvalue weighted by Gasteiger charge is 2.33. The second kappa shape index (κ2) is 7.85. The van der Waals surface area contributed by atoms with Crippen LogP contribution in [-0.4, -0.2) is 60.1 Å². The number of carbonyl (C=O) groups is 1. The Bertz CT molecular complexity index is 746. The number of para-hydroxylation sites is 1. The SMILES string of the molecule is O=C1c2ccccc2NC(c2ccccn2)N1CCCN1CCOCC1. The van der Waals surface area contributed by atoms with Gasteiger partial charge >= 0.3 is 0 Å². The van der Waals surface area contributed by atoms with Gasteiger partial charge in [0.05, 0.1) is 24.5 Å². The Hall–Kier alpha value is -2.44. The molecular formula is C20H24N4O2. The monoisotopic (exact) mass is 352 g/mol. The molecule has 0 radical (unpaired) electrons. The van der Waals surface area contributed by atoms with Crippen molar-refractivity contribution in [2.24, 2.45) is 0 Å². The molecular weight excluding hydrogens is 328 g/mol. The van der Waals surface area contributed by atoms with Crippen molar-refractivity contribution in [3.05, 3.63) is 59.9 Å². The predicted molar refractivity (Wildman–Crippen MR) is 100.0 cm³/mol. The maximum absolute atomic E-state index is 13.1. The minimum atomic E-state index is -0.233. The molecule has 2 aliphatic rings. The smallest absolute Gasteiger partial charge is 0.257 e. The summed E-state index contributed by atoms with van der Waals surface area (Å²) in [6, 6.07) is 13.5. The molecule has 0 aliphatic carbocycles. The second-order valence-corrected chi connectivity index (χ2v) is 6.65. The molecule has 3 heterocycles. The first-order valence-corrected chi connectivity index (χ1v) is 9.20. The summed E-state index contributed by atoms with van der Waals surface area (Å²) in [6.45, 7) is 5.21. The molecule has 0 spiro atoms. The zero-order valence-electron chi connectivity index (χ0n) is 14.8. The molecule has 1 aromatic carbocycles. The molecule has 1 fully saturated rings. The normalized spacial score (nSPS) is 20.5. The Morgan fingerprint density at radius 3 is 2.69 bits per heavy atom. The lowest BCUT2D eigenvalue weighted by Gasteiger charge is -2.38. The molecule has 0 saturated carbocycles. The second-order valence-electron chi connectivity index (χ2n) is 6.65. The topological polar surface area (TPSA) is 57.7 Å². The fraction of sp³-hybridized carbons (Fsp3) is 0.400. The summed E-state index contributed by atoms with van der Waals surface area (Å²) >= 11 is 0. The van der Waals surface area contributed by atoms with Gasteiger partial charge in [0.2, 0.25) is 0 Å². The van der Waals surface area contributed by atoms with E-state index in [-0.39, 0.29) is 12.1 Å². The van der Waals surface area contributed by atoms with Crippen LogP contribution in [0.4, 0.5) is 5.69 Å². The van der Waals surface area contributed by atoms with Crippen molar-refractivity contribution in [1.29, 1.82) is 0 Å². The van der Waals surface area contributed by atoms with E-state index in [1.54, 1.807) is 6.20 Å². The summed E-state index contributed by atoms with van der Waals surface area (Å²) in [5.74, 6) is 0.0666. The molecule has 0 bridgehead atoms. The van der Waals surface area contributed by atoms with Gasteiger partial charge in [0.25, 0.3) is 5.91 Å². The van der Waals surface area contributed by atoms with Gasteiger partial charge in [-0.05, 0) is 30.7 Å². The maximum atomic E-state index is 13.1. The number of rotatable bonds is 5. The van der Waals surface area contributed by atoms with E-state index >= 15 is 0 Å². The molecule has 1 saturated heterocycles. The maximum Gasteiger partial charge on any atom is 0.257 e. The van der Waals surface area contributed by atoms with Crippen LogP contribution in [-0.2, 0) is 4.74 Å². The number of hydrogen-bond acceptors (Lipinski definition) is 5. The number of aromatic nitrogens is 1. The third-order valence-corrected chi connectivity index (χ3v) is 4.97. The first kappa shape index (κ1) is 17.0. The van der Waals surface area contributed by atoms with Crippen LogP contribution in [0.2, 0.25) is 0 Å². The minimum absolute atomic E-state index is 0.0666. The van der Waals surface area contributed by atoms with E-state index in [0.717, 1.165) is 56.2 Å². The third-order valence-electron chi connectivity index (χ3n) is 4.97. The van der Waals surface area contributed by atoms with Crippen molar-refractivity contribution in [3.8, 4) is 0 Å². The van der Waals surface area contributed by atoms with Gasteiger partial charge in [-0.15, -0.1) is 0 Å². The van der Waals surface area contributed by atoms with E-state index in [2.05, 4.69) is 15.2 Å². The predicted octanol–water partition coefficient (Wildman–Crippen LogP) is 2.37. The molecule has 6 nitrogen and oxygen atoms in total.